The van der Waals surface area contributed by atoms with Crippen LogP contribution in [0.4, 0.5) is 0 Å². The van der Waals surface area contributed by atoms with Crippen LogP contribution in [0.1, 0.15) is 37.7 Å². The van der Waals surface area contributed by atoms with Crippen molar-refractivity contribution in [3.05, 3.63) is 23.7 Å². The molecule has 18 heavy (non-hydrogen) atoms. The van der Waals surface area contributed by atoms with Crippen molar-refractivity contribution in [2.45, 2.75) is 38.5 Å². The van der Waals surface area contributed by atoms with E-state index in [-0.39, 0.29) is 5.41 Å². The van der Waals surface area contributed by atoms with Crippen LogP contribution in [0.15, 0.2) is 12.1 Å². The number of piperidine rings is 1. The molecule has 3 rings (SSSR count). The summed E-state index contributed by atoms with van der Waals surface area (Å²) in [4.78, 5) is 0. The van der Waals surface area contributed by atoms with Crippen molar-refractivity contribution in [3.63, 3.8) is 0 Å². The van der Waals surface area contributed by atoms with Crippen molar-refractivity contribution < 1.29 is 0 Å². The van der Waals surface area contributed by atoms with Crippen LogP contribution >= 0.6 is 0 Å². The summed E-state index contributed by atoms with van der Waals surface area (Å²) in [5.41, 5.74) is 1.98. The minimum atomic E-state index is 0.130. The molecule has 2 aromatic rings. The summed E-state index contributed by atoms with van der Waals surface area (Å²) in [6, 6.07) is 3.97. The zero-order valence-corrected chi connectivity index (χ0v) is 11.0. The van der Waals surface area contributed by atoms with Crippen LogP contribution in [0.25, 0.3) is 5.65 Å². The quantitative estimate of drug-likeness (QED) is 0.870. The first-order chi connectivity index (χ1) is 8.75. The highest BCUT2D eigenvalue weighted by Crippen LogP contribution is 2.35. The summed E-state index contributed by atoms with van der Waals surface area (Å²) >= 11 is 0. The average molecular weight is 245 g/mol. The van der Waals surface area contributed by atoms with E-state index in [0.29, 0.717) is 0 Å². The van der Waals surface area contributed by atoms with E-state index in [1.165, 1.54) is 0 Å². The van der Waals surface area contributed by atoms with E-state index in [4.69, 9.17) is 0 Å². The van der Waals surface area contributed by atoms with Gasteiger partial charge in [-0.25, -0.2) is 0 Å². The number of rotatable bonds is 2. The van der Waals surface area contributed by atoms with Gasteiger partial charge in [-0.05, 0) is 51.4 Å². The molecular formula is C13H19N5. The molecule has 0 atom stereocenters. The molecule has 0 unspecified atom stereocenters. The summed E-state index contributed by atoms with van der Waals surface area (Å²) in [5.74, 6) is 1.03. The van der Waals surface area contributed by atoms with E-state index in [1.807, 2.05) is 23.6 Å². The SMILES string of the molecule is CCC1(c2nnc3ccc(C)nn23)CCNCC1. The lowest BCUT2D eigenvalue weighted by Crippen LogP contribution is -2.41. The summed E-state index contributed by atoms with van der Waals surface area (Å²) in [6.45, 7) is 6.34. The van der Waals surface area contributed by atoms with Crippen LogP contribution < -0.4 is 5.32 Å². The molecule has 1 N–H and O–H groups in total. The standard InChI is InChI=1S/C13H19N5/c1-3-13(6-8-14-9-7-13)12-16-15-11-5-4-10(2)17-18(11)12/h4-5,14H,3,6-9H2,1-2H3. The van der Waals surface area contributed by atoms with Gasteiger partial charge in [-0.1, -0.05) is 6.92 Å². The molecule has 96 valence electrons. The fourth-order valence-electron chi connectivity index (χ4n) is 2.85. The Bertz CT molecular complexity index is 554. The molecule has 0 saturated carbocycles. The first kappa shape index (κ1) is 11.6. The smallest absolute Gasteiger partial charge is 0.177 e. The highest BCUT2D eigenvalue weighted by molar-refractivity contribution is 5.37. The largest absolute Gasteiger partial charge is 0.317 e. The average Bonchev–Trinajstić information content (AvgIpc) is 2.83. The van der Waals surface area contributed by atoms with E-state index in [9.17, 15) is 0 Å². The van der Waals surface area contributed by atoms with Crippen molar-refractivity contribution in [3.8, 4) is 0 Å². The molecule has 3 heterocycles. The van der Waals surface area contributed by atoms with Crippen molar-refractivity contribution >= 4 is 5.65 Å². The Hall–Kier alpha value is -1.49. The maximum atomic E-state index is 4.58. The first-order valence-electron chi connectivity index (χ1n) is 6.65. The Kier molecular flexibility index (Phi) is 2.78. The molecule has 1 fully saturated rings. The number of nitrogens with one attached hydrogen (secondary N) is 1. The van der Waals surface area contributed by atoms with Crippen molar-refractivity contribution in [1.82, 2.24) is 25.1 Å². The van der Waals surface area contributed by atoms with Gasteiger partial charge < -0.3 is 5.32 Å². The molecular weight excluding hydrogens is 226 g/mol. The van der Waals surface area contributed by atoms with Crippen molar-refractivity contribution in [2.24, 2.45) is 0 Å². The number of aromatic nitrogens is 4. The number of aryl methyl sites for hydroxylation is 1. The minimum Gasteiger partial charge on any atom is -0.317 e. The maximum absolute atomic E-state index is 4.58. The van der Waals surface area contributed by atoms with Crippen LogP contribution in [-0.4, -0.2) is 32.9 Å². The first-order valence-corrected chi connectivity index (χ1v) is 6.65. The lowest BCUT2D eigenvalue weighted by Gasteiger charge is -2.34. The Balaban J connectivity index is 2.14. The van der Waals surface area contributed by atoms with Crippen molar-refractivity contribution in [1.29, 1.82) is 0 Å². The molecule has 0 aromatic carbocycles. The molecule has 0 aliphatic carbocycles. The molecule has 0 radical (unpaired) electrons. The number of fused-ring (bicyclic) bond motifs is 1. The normalized spacial score (nSPS) is 19.2. The van der Waals surface area contributed by atoms with E-state index < -0.39 is 0 Å². The molecule has 2 aromatic heterocycles. The van der Waals surface area contributed by atoms with Gasteiger partial charge in [0, 0.05) is 5.41 Å². The van der Waals surface area contributed by atoms with E-state index in [0.717, 1.165) is 49.5 Å². The van der Waals surface area contributed by atoms with Gasteiger partial charge >= 0.3 is 0 Å². The second kappa shape index (κ2) is 4.31. The van der Waals surface area contributed by atoms with E-state index >= 15 is 0 Å². The second-order valence-corrected chi connectivity index (χ2v) is 5.15. The summed E-state index contributed by atoms with van der Waals surface area (Å²) < 4.78 is 1.93. The Morgan fingerprint density at radius 2 is 2.06 bits per heavy atom. The fraction of sp³-hybridized carbons (Fsp3) is 0.615. The highest BCUT2D eigenvalue weighted by atomic mass is 15.4. The van der Waals surface area contributed by atoms with Crippen molar-refractivity contribution in [2.75, 3.05) is 13.1 Å². The molecule has 0 bridgehead atoms. The highest BCUT2D eigenvalue weighted by Gasteiger charge is 2.36. The second-order valence-electron chi connectivity index (χ2n) is 5.15. The van der Waals surface area contributed by atoms with Gasteiger partial charge in [-0.3, -0.25) is 0 Å². The maximum Gasteiger partial charge on any atom is 0.177 e. The fourth-order valence-corrected chi connectivity index (χ4v) is 2.85. The molecule has 5 nitrogen and oxygen atoms in total. The summed E-state index contributed by atoms with van der Waals surface area (Å²) in [6.07, 6.45) is 3.31. The van der Waals surface area contributed by atoms with Gasteiger partial charge in [0.25, 0.3) is 0 Å². The third kappa shape index (κ3) is 1.70. The third-order valence-corrected chi connectivity index (χ3v) is 4.11. The van der Waals surface area contributed by atoms with Crippen LogP contribution in [0.2, 0.25) is 0 Å². The molecule has 1 saturated heterocycles. The van der Waals surface area contributed by atoms with Gasteiger partial charge in [0.05, 0.1) is 5.69 Å². The van der Waals surface area contributed by atoms with Gasteiger partial charge in [0.2, 0.25) is 0 Å². The predicted octanol–water partition coefficient (Wildman–Crippen LogP) is 1.46. The topological polar surface area (TPSA) is 55.1 Å². The zero-order chi connectivity index (χ0) is 12.6. The van der Waals surface area contributed by atoms with E-state index in [2.05, 4.69) is 27.5 Å². The number of hydrogen-bond acceptors (Lipinski definition) is 4. The molecule has 0 spiro atoms. The number of hydrogen-bond donors (Lipinski definition) is 1. The van der Waals surface area contributed by atoms with Gasteiger partial charge in [-0.15, -0.1) is 10.2 Å². The van der Waals surface area contributed by atoms with Crippen LogP contribution in [0.5, 0.6) is 0 Å². The molecule has 0 amide bonds. The van der Waals surface area contributed by atoms with E-state index in [1.54, 1.807) is 0 Å². The summed E-state index contributed by atoms with van der Waals surface area (Å²) in [7, 11) is 0. The minimum absolute atomic E-state index is 0.130. The Labute approximate surface area is 107 Å². The lowest BCUT2D eigenvalue weighted by molar-refractivity contribution is 0.277. The number of nitrogens with zero attached hydrogens (tertiary/aromatic N) is 4. The van der Waals surface area contributed by atoms with Crippen LogP contribution in [0.3, 0.4) is 0 Å². The van der Waals surface area contributed by atoms with Gasteiger partial charge in [0.15, 0.2) is 11.5 Å². The third-order valence-electron chi connectivity index (χ3n) is 4.11. The predicted molar refractivity (Wildman–Crippen MR) is 69.6 cm³/mol. The lowest BCUT2D eigenvalue weighted by atomic mass is 9.76. The monoisotopic (exact) mass is 245 g/mol. The summed E-state index contributed by atoms with van der Waals surface area (Å²) in [5, 5.41) is 16.7. The van der Waals surface area contributed by atoms with Gasteiger partial charge in [0.1, 0.15) is 0 Å². The Morgan fingerprint density at radius 1 is 1.28 bits per heavy atom. The van der Waals surface area contributed by atoms with Gasteiger partial charge in [-0.2, -0.15) is 9.61 Å². The van der Waals surface area contributed by atoms with Crippen LogP contribution in [0, 0.1) is 6.92 Å². The Morgan fingerprint density at radius 3 is 2.78 bits per heavy atom. The molecule has 5 heteroatoms. The zero-order valence-electron chi connectivity index (χ0n) is 11.0. The van der Waals surface area contributed by atoms with Crippen LogP contribution in [-0.2, 0) is 5.41 Å². The molecule has 1 aliphatic rings. The molecule has 1 aliphatic heterocycles.